The number of thioether (sulfide) groups is 1. The molecule has 2 aliphatic heterocycles. The second kappa shape index (κ2) is 6.86. The van der Waals surface area contributed by atoms with Gasteiger partial charge in [-0.05, 0) is 37.8 Å². The van der Waals surface area contributed by atoms with Crippen molar-refractivity contribution in [3.8, 4) is 5.75 Å². The van der Waals surface area contributed by atoms with E-state index in [1.807, 2.05) is 18.2 Å². The van der Waals surface area contributed by atoms with Crippen molar-refractivity contribution in [3.05, 3.63) is 28.7 Å². The quantitative estimate of drug-likeness (QED) is 0.817. The average molecular weight is 347 g/mol. The Balaban J connectivity index is 2.02. The summed E-state index contributed by atoms with van der Waals surface area (Å²) in [5.74, 6) is 0.418. The lowest BCUT2D eigenvalue weighted by Gasteiger charge is -2.39. The zero-order chi connectivity index (χ0) is 17.3. The van der Waals surface area contributed by atoms with Crippen molar-refractivity contribution >= 4 is 34.7 Å². The average Bonchev–Trinajstić information content (AvgIpc) is 2.83. The number of carbonyl (C=O) groups excluding carboxylic acids is 2. The van der Waals surface area contributed by atoms with Gasteiger partial charge in [0.05, 0.1) is 17.7 Å². The number of para-hydroxylation sites is 1. The van der Waals surface area contributed by atoms with Crippen LogP contribution in [-0.4, -0.2) is 43.4 Å². The van der Waals surface area contributed by atoms with Gasteiger partial charge < -0.3 is 15.0 Å². The Bertz CT molecular complexity index is 694. The van der Waals surface area contributed by atoms with E-state index < -0.39 is 0 Å². The summed E-state index contributed by atoms with van der Waals surface area (Å²) < 4.78 is 5.56. The molecule has 7 heteroatoms. The Labute approximate surface area is 145 Å². The van der Waals surface area contributed by atoms with E-state index in [4.69, 9.17) is 4.74 Å². The fourth-order valence-electron chi connectivity index (χ4n) is 3.23. The number of methoxy groups -OCH3 is 1. The molecule has 0 spiro atoms. The third-order valence-electron chi connectivity index (χ3n) is 4.05. The summed E-state index contributed by atoms with van der Waals surface area (Å²) in [4.78, 5) is 25.9. The van der Waals surface area contributed by atoms with Gasteiger partial charge in [-0.3, -0.25) is 14.9 Å². The van der Waals surface area contributed by atoms with Gasteiger partial charge in [0, 0.05) is 30.7 Å². The number of imide groups is 1. The maximum Gasteiger partial charge on any atom is 0.290 e. The van der Waals surface area contributed by atoms with E-state index in [9.17, 15) is 9.59 Å². The van der Waals surface area contributed by atoms with Gasteiger partial charge in [0.25, 0.3) is 11.1 Å². The standard InChI is InChI=1S/C17H21N3O3S/c1-10-8-20(9-11(2)18-10)15-12(5-4-6-13(15)23-3)7-14-16(21)19-17(22)24-14/h4-7,10-11,18H,8-9H2,1-3H3,(H,19,21,22)/t10-,11+. The summed E-state index contributed by atoms with van der Waals surface area (Å²) in [5.41, 5.74) is 1.84. The van der Waals surface area contributed by atoms with E-state index in [-0.39, 0.29) is 11.1 Å². The highest BCUT2D eigenvalue weighted by atomic mass is 32.2. The highest BCUT2D eigenvalue weighted by Crippen LogP contribution is 2.36. The Morgan fingerprint density at radius 3 is 2.54 bits per heavy atom. The number of benzene rings is 1. The van der Waals surface area contributed by atoms with Gasteiger partial charge in [-0.25, -0.2) is 0 Å². The molecule has 0 aliphatic carbocycles. The molecule has 1 aromatic rings. The monoisotopic (exact) mass is 347 g/mol. The normalized spacial score (nSPS) is 26.0. The molecule has 2 saturated heterocycles. The van der Waals surface area contributed by atoms with Crippen LogP contribution in [0.4, 0.5) is 10.5 Å². The van der Waals surface area contributed by atoms with Gasteiger partial charge in [-0.15, -0.1) is 0 Å². The molecule has 2 heterocycles. The number of hydrogen-bond donors (Lipinski definition) is 2. The minimum absolute atomic E-state index is 0.333. The molecular weight excluding hydrogens is 326 g/mol. The number of nitrogens with one attached hydrogen (secondary N) is 2. The SMILES string of the molecule is COc1cccc(C=C2SC(=O)NC2=O)c1N1C[C@@H](C)N[C@@H](C)C1. The van der Waals surface area contributed by atoms with Crippen molar-refractivity contribution in [2.75, 3.05) is 25.1 Å². The maximum absolute atomic E-state index is 11.9. The van der Waals surface area contributed by atoms with Crippen LogP contribution >= 0.6 is 11.8 Å². The van der Waals surface area contributed by atoms with Crippen LogP contribution in [0.15, 0.2) is 23.1 Å². The minimum Gasteiger partial charge on any atom is -0.495 e. The summed E-state index contributed by atoms with van der Waals surface area (Å²) >= 11 is 0.928. The lowest BCUT2D eigenvalue weighted by Crippen LogP contribution is -2.54. The molecule has 2 atom stereocenters. The maximum atomic E-state index is 11.9. The molecule has 24 heavy (non-hydrogen) atoms. The van der Waals surface area contributed by atoms with E-state index in [0.29, 0.717) is 17.0 Å². The predicted molar refractivity (Wildman–Crippen MR) is 96.4 cm³/mol. The number of piperazine rings is 1. The first kappa shape index (κ1) is 16.9. The summed E-state index contributed by atoms with van der Waals surface area (Å²) in [6.07, 6.45) is 1.76. The minimum atomic E-state index is -0.346. The third-order valence-corrected chi connectivity index (χ3v) is 4.86. The fourth-order valence-corrected chi connectivity index (χ4v) is 3.90. The first-order valence-electron chi connectivity index (χ1n) is 7.90. The molecule has 2 N–H and O–H groups in total. The number of carbonyl (C=O) groups is 2. The van der Waals surface area contributed by atoms with Gasteiger partial charge in [0.15, 0.2) is 0 Å². The molecule has 2 fully saturated rings. The molecule has 0 saturated carbocycles. The second-order valence-electron chi connectivity index (χ2n) is 6.12. The molecule has 2 amide bonds. The summed E-state index contributed by atoms with van der Waals surface area (Å²) in [5, 5.41) is 5.47. The van der Waals surface area contributed by atoms with Crippen molar-refractivity contribution in [2.45, 2.75) is 25.9 Å². The molecule has 3 rings (SSSR count). The van der Waals surface area contributed by atoms with E-state index in [2.05, 4.69) is 29.4 Å². The zero-order valence-corrected chi connectivity index (χ0v) is 14.8. The second-order valence-corrected chi connectivity index (χ2v) is 7.14. The van der Waals surface area contributed by atoms with E-state index in [1.54, 1.807) is 13.2 Å². The van der Waals surface area contributed by atoms with Crippen molar-refractivity contribution in [3.63, 3.8) is 0 Å². The smallest absolute Gasteiger partial charge is 0.290 e. The zero-order valence-electron chi connectivity index (χ0n) is 14.0. The van der Waals surface area contributed by atoms with Crippen molar-refractivity contribution < 1.29 is 14.3 Å². The summed E-state index contributed by atoms with van der Waals surface area (Å²) in [7, 11) is 1.64. The Kier molecular flexibility index (Phi) is 4.82. The highest BCUT2D eigenvalue weighted by molar-refractivity contribution is 8.18. The van der Waals surface area contributed by atoms with Crippen LogP contribution in [0.25, 0.3) is 6.08 Å². The Morgan fingerprint density at radius 1 is 1.25 bits per heavy atom. The van der Waals surface area contributed by atoms with Crippen LogP contribution in [0.3, 0.4) is 0 Å². The van der Waals surface area contributed by atoms with Crippen molar-refractivity contribution in [1.82, 2.24) is 10.6 Å². The molecule has 0 radical (unpaired) electrons. The number of hydrogen-bond acceptors (Lipinski definition) is 6. The third kappa shape index (κ3) is 3.42. The van der Waals surface area contributed by atoms with Gasteiger partial charge in [0.2, 0.25) is 0 Å². The van der Waals surface area contributed by atoms with Crippen molar-refractivity contribution in [1.29, 1.82) is 0 Å². The summed E-state index contributed by atoms with van der Waals surface area (Å²) in [6.45, 7) is 5.99. The first-order valence-corrected chi connectivity index (χ1v) is 8.72. The van der Waals surface area contributed by atoms with Crippen LogP contribution in [0.2, 0.25) is 0 Å². The van der Waals surface area contributed by atoms with Crippen LogP contribution in [0.5, 0.6) is 5.75 Å². The molecule has 128 valence electrons. The summed E-state index contributed by atoms with van der Waals surface area (Å²) in [6, 6.07) is 6.46. The van der Waals surface area contributed by atoms with Crippen molar-refractivity contribution in [2.24, 2.45) is 0 Å². The van der Waals surface area contributed by atoms with Crippen LogP contribution < -0.4 is 20.3 Å². The van der Waals surface area contributed by atoms with Crippen LogP contribution in [0.1, 0.15) is 19.4 Å². The van der Waals surface area contributed by atoms with Crippen LogP contribution in [-0.2, 0) is 4.79 Å². The largest absolute Gasteiger partial charge is 0.495 e. The van der Waals surface area contributed by atoms with E-state index in [1.165, 1.54) is 0 Å². The molecule has 0 aromatic heterocycles. The molecule has 1 aromatic carbocycles. The van der Waals surface area contributed by atoms with Gasteiger partial charge in [-0.1, -0.05) is 12.1 Å². The lowest BCUT2D eigenvalue weighted by molar-refractivity contribution is -0.115. The van der Waals surface area contributed by atoms with Gasteiger partial charge in [0.1, 0.15) is 5.75 Å². The highest BCUT2D eigenvalue weighted by Gasteiger charge is 2.28. The number of anilines is 1. The number of amides is 2. The Hall–Kier alpha value is -1.99. The predicted octanol–water partition coefficient (Wildman–Crippen LogP) is 2.21. The molecule has 2 aliphatic rings. The topological polar surface area (TPSA) is 70.7 Å². The van der Waals surface area contributed by atoms with Crippen LogP contribution in [0, 0.1) is 0 Å². The number of rotatable bonds is 3. The van der Waals surface area contributed by atoms with E-state index >= 15 is 0 Å². The fraction of sp³-hybridized carbons (Fsp3) is 0.412. The number of nitrogens with zero attached hydrogens (tertiary/aromatic N) is 1. The first-order chi connectivity index (χ1) is 11.5. The van der Waals surface area contributed by atoms with Gasteiger partial charge in [-0.2, -0.15) is 0 Å². The van der Waals surface area contributed by atoms with E-state index in [0.717, 1.165) is 41.9 Å². The molecule has 0 unspecified atom stereocenters. The molecule has 6 nitrogen and oxygen atoms in total. The lowest BCUT2D eigenvalue weighted by atomic mass is 10.1. The number of ether oxygens (including phenoxy) is 1. The molecular formula is C17H21N3O3S. The molecule has 0 bridgehead atoms. The Morgan fingerprint density at radius 2 is 1.96 bits per heavy atom. The van der Waals surface area contributed by atoms with Gasteiger partial charge >= 0.3 is 0 Å².